The number of carbonyl (C=O) groups excluding carboxylic acids is 4. The van der Waals surface area contributed by atoms with Crippen LogP contribution in [0.5, 0.6) is 0 Å². The third-order valence-electron chi connectivity index (χ3n) is 6.48. The van der Waals surface area contributed by atoms with Crippen molar-refractivity contribution in [2.45, 2.75) is 24.5 Å². The van der Waals surface area contributed by atoms with Gasteiger partial charge < -0.3 is 11.1 Å². The number of imide groups is 1. The number of hydrogen-bond acceptors (Lipinski definition) is 5. The molecule has 2 unspecified atom stereocenters. The second kappa shape index (κ2) is 7.30. The van der Waals surface area contributed by atoms with Gasteiger partial charge in [-0.1, -0.05) is 41.4 Å². The van der Waals surface area contributed by atoms with Crippen molar-refractivity contribution >= 4 is 52.5 Å². The monoisotopic (exact) mass is 472 g/mol. The predicted octanol–water partition coefficient (Wildman–Crippen LogP) is 1.79. The average molecular weight is 473 g/mol. The molecule has 4 amide bonds. The summed E-state index contributed by atoms with van der Waals surface area (Å²) in [6, 6.07) is 11.0. The van der Waals surface area contributed by atoms with Crippen molar-refractivity contribution in [2.75, 3.05) is 5.32 Å². The summed E-state index contributed by atoms with van der Waals surface area (Å²) in [5.74, 6) is -4.10. The normalized spacial score (nSPS) is 28.2. The van der Waals surface area contributed by atoms with E-state index >= 15 is 0 Å². The van der Waals surface area contributed by atoms with Gasteiger partial charge in [-0.05, 0) is 29.8 Å². The molecule has 0 radical (unpaired) electrons. The van der Waals surface area contributed by atoms with Crippen molar-refractivity contribution < 1.29 is 19.2 Å². The molecule has 0 aliphatic carbocycles. The number of amides is 4. The van der Waals surface area contributed by atoms with Crippen molar-refractivity contribution in [3.8, 4) is 0 Å². The molecule has 2 saturated heterocycles. The third kappa shape index (κ3) is 2.87. The zero-order chi connectivity index (χ0) is 22.8. The summed E-state index contributed by atoms with van der Waals surface area (Å²) in [6.07, 6.45) is -0.203. The van der Waals surface area contributed by atoms with Crippen LogP contribution in [0.2, 0.25) is 10.0 Å². The first-order chi connectivity index (χ1) is 15.2. The number of benzene rings is 2. The summed E-state index contributed by atoms with van der Waals surface area (Å²) in [5, 5.41) is 6.69. The van der Waals surface area contributed by atoms with Gasteiger partial charge in [0.25, 0.3) is 0 Å². The van der Waals surface area contributed by atoms with Crippen molar-refractivity contribution in [1.29, 1.82) is 0 Å². The molecule has 3 heterocycles. The van der Waals surface area contributed by atoms with Crippen LogP contribution in [-0.4, -0.2) is 34.6 Å². The van der Waals surface area contributed by atoms with E-state index in [0.29, 0.717) is 26.9 Å². The Labute approximate surface area is 193 Å². The zero-order valence-electron chi connectivity index (χ0n) is 16.6. The molecule has 4 N–H and O–H groups in total. The maximum absolute atomic E-state index is 13.6. The summed E-state index contributed by atoms with van der Waals surface area (Å²) in [4.78, 5) is 53.2. The number of carbonyl (C=O) groups is 4. The van der Waals surface area contributed by atoms with Gasteiger partial charge >= 0.3 is 0 Å². The lowest BCUT2D eigenvalue weighted by Gasteiger charge is -2.29. The molecule has 2 aromatic carbocycles. The maximum Gasteiger partial charge on any atom is 0.250 e. The summed E-state index contributed by atoms with van der Waals surface area (Å²) in [6.45, 7) is -0.0340. The van der Waals surface area contributed by atoms with Gasteiger partial charge in [-0.15, -0.1) is 0 Å². The molecular weight excluding hydrogens is 455 g/mol. The van der Waals surface area contributed by atoms with Gasteiger partial charge in [-0.2, -0.15) is 0 Å². The van der Waals surface area contributed by atoms with Gasteiger partial charge in [0.15, 0.2) is 0 Å². The SMILES string of the molecule is NC(=O)CC1NC2(C(=O)Nc3ccc(Cl)cc32)[C@H]2C(=O)N(Cc3ccccc3Cl)C(=O)[C@@H]12. The molecule has 2 fully saturated rings. The van der Waals surface area contributed by atoms with Gasteiger partial charge in [-0.3, -0.25) is 29.4 Å². The number of nitrogens with one attached hydrogen (secondary N) is 2. The van der Waals surface area contributed by atoms with E-state index in [4.69, 9.17) is 28.9 Å². The highest BCUT2D eigenvalue weighted by atomic mass is 35.5. The average Bonchev–Trinajstić information content (AvgIpc) is 3.30. The molecule has 3 aliphatic rings. The number of hydrogen-bond donors (Lipinski definition) is 3. The van der Waals surface area contributed by atoms with E-state index in [1.807, 2.05) is 0 Å². The molecular formula is C22H18Cl2N4O4. The van der Waals surface area contributed by atoms with Gasteiger partial charge in [0.05, 0.1) is 18.4 Å². The topological polar surface area (TPSA) is 122 Å². The van der Waals surface area contributed by atoms with E-state index in [9.17, 15) is 19.2 Å². The molecule has 0 bridgehead atoms. The number of likely N-dealkylation sites (tertiary alicyclic amines) is 1. The van der Waals surface area contributed by atoms with E-state index < -0.39 is 47.0 Å². The van der Waals surface area contributed by atoms with Crippen molar-refractivity contribution in [3.63, 3.8) is 0 Å². The quantitative estimate of drug-likeness (QED) is 0.585. The lowest BCUT2D eigenvalue weighted by atomic mass is 9.76. The Bertz CT molecular complexity index is 1200. The molecule has 0 aromatic heterocycles. The highest BCUT2D eigenvalue weighted by Crippen LogP contribution is 2.54. The zero-order valence-corrected chi connectivity index (χ0v) is 18.1. The summed E-state index contributed by atoms with van der Waals surface area (Å²) < 4.78 is 0. The van der Waals surface area contributed by atoms with Crippen molar-refractivity contribution in [1.82, 2.24) is 10.2 Å². The minimum Gasteiger partial charge on any atom is -0.370 e. The molecule has 2 aromatic rings. The number of nitrogens with two attached hydrogens (primary N) is 1. The first-order valence-electron chi connectivity index (χ1n) is 10.00. The third-order valence-corrected chi connectivity index (χ3v) is 7.08. The number of halogens is 2. The van der Waals surface area contributed by atoms with E-state index in [1.165, 1.54) is 0 Å². The van der Waals surface area contributed by atoms with E-state index in [2.05, 4.69) is 10.6 Å². The fourth-order valence-electron chi connectivity index (χ4n) is 5.18. The molecule has 8 nitrogen and oxygen atoms in total. The number of fused-ring (bicyclic) bond motifs is 4. The Morgan fingerprint density at radius 1 is 1.09 bits per heavy atom. The Morgan fingerprint density at radius 3 is 2.56 bits per heavy atom. The van der Waals surface area contributed by atoms with Crippen LogP contribution in [0.3, 0.4) is 0 Å². The Kier molecular flexibility index (Phi) is 4.77. The Balaban J connectivity index is 1.62. The molecule has 32 heavy (non-hydrogen) atoms. The number of primary amides is 1. The van der Waals surface area contributed by atoms with Gasteiger partial charge in [-0.25, -0.2) is 0 Å². The van der Waals surface area contributed by atoms with Crippen molar-refractivity contribution in [3.05, 3.63) is 63.6 Å². The summed E-state index contributed by atoms with van der Waals surface area (Å²) >= 11 is 12.4. The molecule has 10 heteroatoms. The second-order valence-corrected chi connectivity index (χ2v) is 9.07. The van der Waals surface area contributed by atoms with Crippen LogP contribution in [0.1, 0.15) is 17.5 Å². The van der Waals surface area contributed by atoms with Crippen LogP contribution in [0, 0.1) is 11.8 Å². The summed E-state index contributed by atoms with van der Waals surface area (Å²) in [7, 11) is 0. The predicted molar refractivity (Wildman–Crippen MR) is 116 cm³/mol. The first-order valence-corrected chi connectivity index (χ1v) is 10.8. The molecule has 4 atom stereocenters. The number of anilines is 1. The smallest absolute Gasteiger partial charge is 0.250 e. The van der Waals surface area contributed by atoms with Crippen LogP contribution in [0.15, 0.2) is 42.5 Å². The lowest BCUT2D eigenvalue weighted by molar-refractivity contribution is -0.143. The minimum atomic E-state index is -1.53. The standard InChI is InChI=1S/C22H18Cl2N4O4/c23-11-5-6-14-12(7-11)22(21(32)26-14)18-17(15(27-22)8-16(25)29)19(30)28(20(18)31)9-10-3-1-2-4-13(10)24/h1-7,15,17-18,27H,8-9H2,(H2,25,29)(H,26,32)/t15?,17-,18+,22?/m0/s1. The van der Waals surface area contributed by atoms with Crippen LogP contribution in [0.25, 0.3) is 0 Å². The maximum atomic E-state index is 13.6. The second-order valence-electron chi connectivity index (χ2n) is 8.23. The molecule has 0 saturated carbocycles. The first kappa shape index (κ1) is 20.9. The van der Waals surface area contributed by atoms with E-state index in [1.54, 1.807) is 42.5 Å². The lowest BCUT2D eigenvalue weighted by Crippen LogP contribution is -2.53. The fourth-order valence-corrected chi connectivity index (χ4v) is 5.55. The highest BCUT2D eigenvalue weighted by molar-refractivity contribution is 6.31. The van der Waals surface area contributed by atoms with Gasteiger partial charge in [0.2, 0.25) is 23.6 Å². The number of rotatable bonds is 4. The Morgan fingerprint density at radius 2 is 1.84 bits per heavy atom. The molecule has 3 aliphatic heterocycles. The van der Waals surface area contributed by atoms with Gasteiger partial charge in [0.1, 0.15) is 5.54 Å². The molecule has 5 rings (SSSR count). The van der Waals surface area contributed by atoms with Crippen LogP contribution >= 0.6 is 23.2 Å². The van der Waals surface area contributed by atoms with Crippen LogP contribution < -0.4 is 16.4 Å². The molecule has 1 spiro atoms. The van der Waals surface area contributed by atoms with Crippen LogP contribution in [-0.2, 0) is 31.3 Å². The van der Waals surface area contributed by atoms with Crippen molar-refractivity contribution in [2.24, 2.45) is 17.6 Å². The molecule has 164 valence electrons. The highest BCUT2D eigenvalue weighted by Gasteiger charge is 2.70. The summed E-state index contributed by atoms with van der Waals surface area (Å²) in [5.41, 5.74) is 5.46. The van der Waals surface area contributed by atoms with E-state index in [0.717, 1.165) is 4.90 Å². The number of nitrogens with zero attached hydrogens (tertiary/aromatic N) is 1. The van der Waals surface area contributed by atoms with Gasteiger partial charge in [0, 0.05) is 33.8 Å². The minimum absolute atomic E-state index is 0.0340. The Hall–Kier alpha value is -2.94. The fraction of sp³-hybridized carbons (Fsp3) is 0.273. The van der Waals surface area contributed by atoms with Crippen LogP contribution in [0.4, 0.5) is 5.69 Å². The largest absolute Gasteiger partial charge is 0.370 e. The van der Waals surface area contributed by atoms with E-state index in [-0.39, 0.29) is 13.0 Å².